The first-order valence-electron chi connectivity index (χ1n) is 5.08. The number of carbonyl (C=O) groups is 1. The van der Waals surface area contributed by atoms with E-state index < -0.39 is 11.7 Å². The molecule has 0 saturated carbocycles. The van der Waals surface area contributed by atoms with Crippen molar-refractivity contribution in [1.29, 1.82) is 0 Å². The van der Waals surface area contributed by atoms with Gasteiger partial charge in [0.1, 0.15) is 5.69 Å². The molecule has 6 heteroatoms. The number of carbonyl (C=O) groups excluding carboxylic acids is 1. The van der Waals surface area contributed by atoms with Crippen LogP contribution in [0.25, 0.3) is 0 Å². The summed E-state index contributed by atoms with van der Waals surface area (Å²) in [6.07, 6.45) is -1.56. The maximum absolute atomic E-state index is 12.4. The summed E-state index contributed by atoms with van der Waals surface area (Å²) >= 11 is 0. The standard InChI is InChI=1S/C12H9F3N2O/c1-17-7-16-6-10(17)11(18)8-2-4-9(5-3-8)12(13,14)15/h2-7H,1H3. The van der Waals surface area contributed by atoms with E-state index in [1.165, 1.54) is 17.1 Å². The third kappa shape index (κ3) is 2.27. The molecule has 0 fully saturated rings. The van der Waals surface area contributed by atoms with Gasteiger partial charge in [-0.25, -0.2) is 4.98 Å². The summed E-state index contributed by atoms with van der Waals surface area (Å²) in [4.78, 5) is 15.7. The van der Waals surface area contributed by atoms with Crippen molar-refractivity contribution >= 4 is 5.78 Å². The lowest BCUT2D eigenvalue weighted by molar-refractivity contribution is -0.137. The first-order valence-corrected chi connectivity index (χ1v) is 5.08. The first kappa shape index (κ1) is 12.3. The van der Waals surface area contributed by atoms with Gasteiger partial charge in [-0.3, -0.25) is 4.79 Å². The highest BCUT2D eigenvalue weighted by Gasteiger charge is 2.30. The molecule has 3 nitrogen and oxygen atoms in total. The number of aromatic nitrogens is 2. The Bertz CT molecular complexity index is 570. The molecule has 1 heterocycles. The van der Waals surface area contributed by atoms with Crippen molar-refractivity contribution in [3.8, 4) is 0 Å². The Morgan fingerprint density at radius 2 is 1.83 bits per heavy atom. The van der Waals surface area contributed by atoms with Crippen molar-refractivity contribution in [2.45, 2.75) is 6.18 Å². The van der Waals surface area contributed by atoms with Crippen LogP contribution in [0.2, 0.25) is 0 Å². The fraction of sp³-hybridized carbons (Fsp3) is 0.167. The van der Waals surface area contributed by atoms with E-state index in [9.17, 15) is 18.0 Å². The van der Waals surface area contributed by atoms with Gasteiger partial charge in [-0.15, -0.1) is 0 Å². The highest BCUT2D eigenvalue weighted by Crippen LogP contribution is 2.29. The van der Waals surface area contributed by atoms with Crippen LogP contribution in [0.15, 0.2) is 36.8 Å². The van der Waals surface area contributed by atoms with Crippen molar-refractivity contribution in [3.05, 3.63) is 53.6 Å². The second-order valence-electron chi connectivity index (χ2n) is 3.79. The van der Waals surface area contributed by atoms with Gasteiger partial charge in [0, 0.05) is 12.6 Å². The fourth-order valence-corrected chi connectivity index (χ4v) is 1.53. The number of ketones is 1. The normalized spacial score (nSPS) is 11.6. The van der Waals surface area contributed by atoms with Crippen LogP contribution in [0, 0.1) is 0 Å². The molecule has 0 bridgehead atoms. The molecular formula is C12H9F3N2O. The lowest BCUT2D eigenvalue weighted by Gasteiger charge is -2.07. The molecule has 0 unspecified atom stereocenters. The van der Waals surface area contributed by atoms with Gasteiger partial charge in [0.25, 0.3) is 0 Å². The van der Waals surface area contributed by atoms with E-state index in [-0.39, 0.29) is 11.3 Å². The Hall–Kier alpha value is -2.11. The lowest BCUT2D eigenvalue weighted by atomic mass is 10.1. The summed E-state index contributed by atoms with van der Waals surface area (Å²) in [6, 6.07) is 4.11. The van der Waals surface area contributed by atoms with Gasteiger partial charge < -0.3 is 4.57 Å². The van der Waals surface area contributed by atoms with E-state index in [2.05, 4.69) is 4.98 Å². The summed E-state index contributed by atoms with van der Waals surface area (Å²) in [5, 5.41) is 0. The summed E-state index contributed by atoms with van der Waals surface area (Å²) in [7, 11) is 1.64. The van der Waals surface area contributed by atoms with Crippen LogP contribution in [0.1, 0.15) is 21.6 Å². The Morgan fingerprint density at radius 3 is 2.28 bits per heavy atom. The van der Waals surface area contributed by atoms with E-state index in [0.717, 1.165) is 24.3 Å². The molecule has 1 aromatic carbocycles. The molecule has 0 aliphatic carbocycles. The zero-order valence-electron chi connectivity index (χ0n) is 9.40. The minimum Gasteiger partial charge on any atom is -0.331 e. The Balaban J connectivity index is 2.31. The smallest absolute Gasteiger partial charge is 0.331 e. The highest BCUT2D eigenvalue weighted by atomic mass is 19.4. The first-order chi connectivity index (χ1) is 8.39. The quantitative estimate of drug-likeness (QED) is 0.772. The van der Waals surface area contributed by atoms with Gasteiger partial charge in [-0.05, 0) is 12.1 Å². The zero-order chi connectivity index (χ0) is 13.3. The van der Waals surface area contributed by atoms with Crippen molar-refractivity contribution in [2.75, 3.05) is 0 Å². The summed E-state index contributed by atoms with van der Waals surface area (Å²) in [6.45, 7) is 0. The molecule has 0 N–H and O–H groups in total. The number of rotatable bonds is 2. The van der Waals surface area contributed by atoms with Crippen molar-refractivity contribution in [3.63, 3.8) is 0 Å². The number of benzene rings is 1. The van der Waals surface area contributed by atoms with E-state index >= 15 is 0 Å². The average Bonchev–Trinajstić information content (AvgIpc) is 2.73. The van der Waals surface area contributed by atoms with E-state index in [1.54, 1.807) is 7.05 Å². The number of imidazole rings is 1. The second kappa shape index (κ2) is 4.29. The van der Waals surface area contributed by atoms with E-state index in [1.807, 2.05) is 0 Å². The molecule has 0 amide bonds. The van der Waals surface area contributed by atoms with Gasteiger partial charge >= 0.3 is 6.18 Å². The molecule has 0 atom stereocenters. The minimum atomic E-state index is -4.39. The van der Waals surface area contributed by atoms with E-state index in [0.29, 0.717) is 5.69 Å². The molecule has 0 spiro atoms. The number of alkyl halides is 3. The van der Waals surface area contributed by atoms with Gasteiger partial charge in [0.2, 0.25) is 5.78 Å². The molecule has 18 heavy (non-hydrogen) atoms. The molecule has 1 aromatic heterocycles. The SMILES string of the molecule is Cn1cncc1C(=O)c1ccc(C(F)(F)F)cc1. The topological polar surface area (TPSA) is 34.9 Å². The van der Waals surface area contributed by atoms with Crippen molar-refractivity contribution in [2.24, 2.45) is 7.05 Å². The Morgan fingerprint density at radius 1 is 1.22 bits per heavy atom. The number of hydrogen-bond donors (Lipinski definition) is 0. The van der Waals surface area contributed by atoms with Gasteiger partial charge in [-0.1, -0.05) is 12.1 Å². The maximum atomic E-state index is 12.4. The number of hydrogen-bond acceptors (Lipinski definition) is 2. The molecule has 2 rings (SSSR count). The van der Waals surface area contributed by atoms with Crippen LogP contribution in [0.3, 0.4) is 0 Å². The van der Waals surface area contributed by atoms with Crippen LogP contribution in [-0.2, 0) is 13.2 Å². The Kier molecular flexibility index (Phi) is 2.94. The monoisotopic (exact) mass is 254 g/mol. The third-order valence-corrected chi connectivity index (χ3v) is 2.52. The summed E-state index contributed by atoms with van der Waals surface area (Å²) in [5.74, 6) is -0.358. The minimum absolute atomic E-state index is 0.201. The fourth-order valence-electron chi connectivity index (χ4n) is 1.53. The van der Waals surface area contributed by atoms with Gasteiger partial charge in [-0.2, -0.15) is 13.2 Å². The highest BCUT2D eigenvalue weighted by molar-refractivity contribution is 6.07. The average molecular weight is 254 g/mol. The Labute approximate surface area is 101 Å². The van der Waals surface area contributed by atoms with Crippen molar-refractivity contribution < 1.29 is 18.0 Å². The molecule has 0 aliphatic heterocycles. The molecule has 0 radical (unpaired) electrons. The van der Waals surface area contributed by atoms with Gasteiger partial charge in [0.05, 0.1) is 18.1 Å². The number of nitrogens with zero attached hydrogens (tertiary/aromatic N) is 2. The molecular weight excluding hydrogens is 245 g/mol. The summed E-state index contributed by atoms with van der Waals surface area (Å²) < 4.78 is 38.6. The van der Waals surface area contributed by atoms with Crippen LogP contribution >= 0.6 is 0 Å². The van der Waals surface area contributed by atoms with Crippen LogP contribution < -0.4 is 0 Å². The van der Waals surface area contributed by atoms with Crippen LogP contribution in [0.5, 0.6) is 0 Å². The van der Waals surface area contributed by atoms with Crippen LogP contribution in [-0.4, -0.2) is 15.3 Å². The molecule has 94 valence electrons. The van der Waals surface area contributed by atoms with Crippen LogP contribution in [0.4, 0.5) is 13.2 Å². The largest absolute Gasteiger partial charge is 0.416 e. The predicted octanol–water partition coefficient (Wildman–Crippen LogP) is 2.67. The molecule has 0 saturated heterocycles. The number of aryl methyl sites for hydroxylation is 1. The van der Waals surface area contributed by atoms with Gasteiger partial charge in [0.15, 0.2) is 0 Å². The molecule has 0 aliphatic rings. The second-order valence-corrected chi connectivity index (χ2v) is 3.79. The van der Waals surface area contributed by atoms with E-state index in [4.69, 9.17) is 0 Å². The molecule has 2 aromatic rings. The predicted molar refractivity (Wildman–Crippen MR) is 58.1 cm³/mol. The third-order valence-electron chi connectivity index (χ3n) is 2.52. The number of halogens is 3. The summed E-state index contributed by atoms with van der Waals surface area (Å²) in [5.41, 5.74) is -0.245. The lowest BCUT2D eigenvalue weighted by Crippen LogP contribution is -2.08. The van der Waals surface area contributed by atoms with Crippen molar-refractivity contribution in [1.82, 2.24) is 9.55 Å². The zero-order valence-corrected chi connectivity index (χ0v) is 9.40. The maximum Gasteiger partial charge on any atom is 0.416 e.